The van der Waals surface area contributed by atoms with Crippen molar-refractivity contribution in [3.63, 3.8) is 0 Å². The minimum absolute atomic E-state index is 0.531. The first-order chi connectivity index (χ1) is 4.35. The number of rotatable bonds is 5. The largest absolute Gasteiger partial charge is 0.357 e. The van der Waals surface area contributed by atoms with E-state index < -0.39 is 8.15 Å². The molecule has 0 unspecified atom stereocenters. The van der Waals surface area contributed by atoms with Crippen molar-refractivity contribution in [2.45, 2.75) is 13.3 Å². The molecule has 0 saturated heterocycles. The van der Waals surface area contributed by atoms with Crippen molar-refractivity contribution in [2.75, 3.05) is 17.8 Å². The molecule has 56 valence electrons. The Labute approximate surface area is 67.5 Å². The number of halogens is 2. The quantitative estimate of drug-likeness (QED) is 0.476. The van der Waals surface area contributed by atoms with Crippen LogP contribution in [-0.2, 0) is 4.52 Å². The molecule has 0 amide bonds. The van der Waals surface area contributed by atoms with Crippen molar-refractivity contribution in [3.05, 3.63) is 0 Å². The first kappa shape index (κ1) is 9.97. The third kappa shape index (κ3) is 5.42. The number of hydrogen-bond acceptors (Lipinski definition) is 1. The molecule has 0 radical (unpaired) electrons. The smallest absolute Gasteiger partial charge is 0.0679 e. The summed E-state index contributed by atoms with van der Waals surface area (Å²) in [5.41, 5.74) is 1.11. The lowest BCUT2D eigenvalue weighted by Gasteiger charge is -2.09. The molecular weight excluding hydrogens is 178 g/mol. The molecule has 0 aliphatic heterocycles. The van der Waals surface area contributed by atoms with E-state index in [2.05, 4.69) is 6.92 Å². The first-order valence-electron chi connectivity index (χ1n) is 2.85. The van der Waals surface area contributed by atoms with Crippen LogP contribution in [0.25, 0.3) is 0 Å². The molecular formula is C5H11Cl2OP. The topological polar surface area (TPSA) is 9.23 Å². The molecule has 0 atom stereocenters. The van der Waals surface area contributed by atoms with Gasteiger partial charge >= 0.3 is 0 Å². The highest BCUT2D eigenvalue weighted by Crippen LogP contribution is 2.38. The molecule has 0 fully saturated rings. The first-order valence-corrected chi connectivity index (χ1v) is 5.54. The van der Waals surface area contributed by atoms with Crippen molar-refractivity contribution in [1.82, 2.24) is 0 Å². The maximum Gasteiger partial charge on any atom is 0.0679 e. The van der Waals surface area contributed by atoms with Crippen LogP contribution >= 0.6 is 31.4 Å². The van der Waals surface area contributed by atoms with Crippen LogP contribution in [0, 0.1) is 0 Å². The molecule has 0 rings (SSSR count). The van der Waals surface area contributed by atoms with E-state index in [1.54, 1.807) is 0 Å². The van der Waals surface area contributed by atoms with Crippen LogP contribution in [0.4, 0.5) is 0 Å². The maximum absolute atomic E-state index is 5.52. The van der Waals surface area contributed by atoms with Crippen LogP contribution in [0.3, 0.4) is 0 Å². The minimum Gasteiger partial charge on any atom is -0.357 e. The van der Waals surface area contributed by atoms with Gasteiger partial charge in [0.1, 0.15) is 0 Å². The summed E-state index contributed by atoms with van der Waals surface area (Å²) in [6.07, 6.45) is 1.03. The summed E-state index contributed by atoms with van der Waals surface area (Å²) in [6.45, 7) is 2.85. The standard InChI is InChI=1S/C5H11Cl2OP/c1-2-3-8-9(4-6)5-7/h2-5H2,1H3. The van der Waals surface area contributed by atoms with Crippen molar-refractivity contribution < 1.29 is 4.52 Å². The second kappa shape index (κ2) is 7.08. The molecule has 0 aliphatic rings. The molecule has 0 N–H and O–H groups in total. The highest BCUT2D eigenvalue weighted by molar-refractivity contribution is 7.56. The van der Waals surface area contributed by atoms with E-state index in [1.807, 2.05) is 0 Å². The highest BCUT2D eigenvalue weighted by Gasteiger charge is 2.02. The van der Waals surface area contributed by atoms with Crippen LogP contribution in [-0.4, -0.2) is 17.8 Å². The second-order valence-electron chi connectivity index (χ2n) is 1.55. The monoisotopic (exact) mass is 188 g/mol. The molecule has 0 aromatic rings. The Morgan fingerprint density at radius 2 is 1.89 bits per heavy atom. The van der Waals surface area contributed by atoms with E-state index in [0.29, 0.717) is 11.2 Å². The fourth-order valence-corrected chi connectivity index (χ4v) is 2.14. The van der Waals surface area contributed by atoms with Gasteiger partial charge in [-0.25, -0.2) is 0 Å². The number of alkyl halides is 2. The van der Waals surface area contributed by atoms with Gasteiger partial charge in [-0.05, 0) is 6.42 Å². The van der Waals surface area contributed by atoms with Gasteiger partial charge < -0.3 is 4.52 Å². The van der Waals surface area contributed by atoms with Crippen molar-refractivity contribution in [2.24, 2.45) is 0 Å². The van der Waals surface area contributed by atoms with Gasteiger partial charge in [-0.2, -0.15) is 0 Å². The Morgan fingerprint density at radius 3 is 2.22 bits per heavy atom. The third-order valence-corrected chi connectivity index (χ3v) is 3.43. The van der Waals surface area contributed by atoms with Crippen molar-refractivity contribution >= 4 is 31.4 Å². The highest BCUT2D eigenvalue weighted by atomic mass is 35.5. The Hall–Kier alpha value is 0.970. The zero-order valence-corrected chi connectivity index (χ0v) is 7.85. The Morgan fingerprint density at radius 1 is 1.33 bits per heavy atom. The van der Waals surface area contributed by atoms with E-state index in [4.69, 9.17) is 27.7 Å². The van der Waals surface area contributed by atoms with Gasteiger partial charge in [0.25, 0.3) is 0 Å². The van der Waals surface area contributed by atoms with Gasteiger partial charge in [0, 0.05) is 0 Å². The van der Waals surface area contributed by atoms with Crippen molar-refractivity contribution in [3.8, 4) is 0 Å². The average molecular weight is 189 g/mol. The van der Waals surface area contributed by atoms with Gasteiger partial charge in [-0.1, -0.05) is 6.92 Å². The van der Waals surface area contributed by atoms with Gasteiger partial charge in [0.15, 0.2) is 0 Å². The predicted molar refractivity (Wildman–Crippen MR) is 44.6 cm³/mol. The molecule has 0 heterocycles. The normalized spacial score (nSPS) is 10.7. The average Bonchev–Trinajstić information content (AvgIpc) is 1.91. The van der Waals surface area contributed by atoms with Crippen molar-refractivity contribution in [1.29, 1.82) is 0 Å². The molecule has 0 aromatic heterocycles. The van der Waals surface area contributed by atoms with E-state index >= 15 is 0 Å². The summed E-state index contributed by atoms with van der Waals surface area (Å²) in [7, 11) is -0.531. The molecule has 0 spiro atoms. The minimum atomic E-state index is -0.531. The summed E-state index contributed by atoms with van der Waals surface area (Å²) in [6, 6.07) is 0. The lowest BCUT2D eigenvalue weighted by molar-refractivity contribution is 0.355. The van der Waals surface area contributed by atoms with Gasteiger partial charge in [-0.15, -0.1) is 23.2 Å². The van der Waals surface area contributed by atoms with Crippen LogP contribution in [0.5, 0.6) is 0 Å². The molecule has 1 nitrogen and oxygen atoms in total. The SMILES string of the molecule is CCCOP(CCl)CCl. The summed E-state index contributed by atoms with van der Waals surface area (Å²) < 4.78 is 5.29. The summed E-state index contributed by atoms with van der Waals surface area (Å²) >= 11 is 11.0. The molecule has 0 aromatic carbocycles. The molecule has 9 heavy (non-hydrogen) atoms. The fourth-order valence-electron chi connectivity index (χ4n) is 0.321. The van der Waals surface area contributed by atoms with E-state index in [0.717, 1.165) is 13.0 Å². The van der Waals surface area contributed by atoms with E-state index in [9.17, 15) is 0 Å². The van der Waals surface area contributed by atoms with Gasteiger partial charge in [-0.3, -0.25) is 0 Å². The predicted octanol–water partition coefficient (Wildman–Crippen LogP) is 3.20. The zero-order chi connectivity index (χ0) is 7.11. The Balaban J connectivity index is 3.09. The second-order valence-corrected chi connectivity index (χ2v) is 4.69. The van der Waals surface area contributed by atoms with Crippen LogP contribution < -0.4 is 0 Å². The van der Waals surface area contributed by atoms with Crippen LogP contribution in [0.1, 0.15) is 13.3 Å². The number of hydrogen-bond donors (Lipinski definition) is 0. The van der Waals surface area contributed by atoms with E-state index in [1.165, 1.54) is 0 Å². The lowest BCUT2D eigenvalue weighted by Crippen LogP contribution is -1.88. The van der Waals surface area contributed by atoms with Crippen LogP contribution in [0.2, 0.25) is 0 Å². The van der Waals surface area contributed by atoms with Gasteiger partial charge in [0.05, 0.1) is 26.0 Å². The van der Waals surface area contributed by atoms with Crippen LogP contribution in [0.15, 0.2) is 0 Å². The molecule has 0 bridgehead atoms. The molecule has 0 saturated carbocycles. The summed E-state index contributed by atoms with van der Waals surface area (Å²) in [4.78, 5) is 0. The van der Waals surface area contributed by atoms with E-state index in [-0.39, 0.29) is 0 Å². The molecule has 4 heteroatoms. The summed E-state index contributed by atoms with van der Waals surface area (Å²) in [5, 5.41) is 0. The van der Waals surface area contributed by atoms with Gasteiger partial charge in [0.2, 0.25) is 0 Å². The maximum atomic E-state index is 5.52. The Kier molecular flexibility index (Phi) is 7.84. The Bertz CT molecular complexity index is 58.9. The third-order valence-electron chi connectivity index (χ3n) is 0.745. The lowest BCUT2D eigenvalue weighted by atomic mass is 10.5. The summed E-state index contributed by atoms with van der Waals surface area (Å²) in [5.74, 6) is 0. The zero-order valence-electron chi connectivity index (χ0n) is 5.44. The molecule has 0 aliphatic carbocycles. The fraction of sp³-hybridized carbons (Fsp3) is 1.00.